The molecule has 22 heavy (non-hydrogen) atoms. The lowest BCUT2D eigenvalue weighted by atomic mass is 9.92. The number of hydrogen-bond acceptors (Lipinski definition) is 4. The lowest BCUT2D eigenvalue weighted by molar-refractivity contribution is 0.112. The maximum Gasteiger partial charge on any atom is 0.178 e. The van der Waals surface area contributed by atoms with Crippen molar-refractivity contribution in [3.63, 3.8) is 0 Å². The summed E-state index contributed by atoms with van der Waals surface area (Å²) in [6.45, 7) is 5.24. The van der Waals surface area contributed by atoms with Crippen LogP contribution < -0.4 is 0 Å². The molecule has 0 amide bonds. The van der Waals surface area contributed by atoms with Crippen LogP contribution >= 0.6 is 11.3 Å². The van der Waals surface area contributed by atoms with Crippen LogP contribution in [0.1, 0.15) is 26.5 Å². The molecule has 0 aliphatic carbocycles. The lowest BCUT2D eigenvalue weighted by Crippen LogP contribution is -2.10. The third-order valence-corrected chi connectivity index (χ3v) is 5.22. The molecule has 0 fully saturated rings. The van der Waals surface area contributed by atoms with Crippen molar-refractivity contribution in [1.82, 2.24) is 14.5 Å². The molecule has 0 N–H and O–H groups in total. The normalized spacial score (nSPS) is 12.8. The minimum atomic E-state index is 0.493. The SMILES string of the molecule is Cc1cc2c(cc1C)-c1c(-c3cnc(C=O)s3)ncn1CC2. The standard InChI is InChI=1S/C17H15N3OS/c1-10-5-12-3-4-20-9-19-16(14-7-18-15(8-21)22-14)17(20)13(12)6-11(10)2/h5-9H,3-4H2,1-2H3. The largest absolute Gasteiger partial charge is 0.330 e. The zero-order valence-electron chi connectivity index (χ0n) is 12.5. The lowest BCUT2D eigenvalue weighted by Gasteiger charge is -2.21. The van der Waals surface area contributed by atoms with Crippen molar-refractivity contribution in [2.24, 2.45) is 0 Å². The minimum absolute atomic E-state index is 0.493. The quantitative estimate of drug-likeness (QED) is 0.679. The molecule has 2 aromatic heterocycles. The number of rotatable bonds is 2. The molecule has 1 aliphatic rings. The van der Waals surface area contributed by atoms with E-state index in [4.69, 9.17) is 0 Å². The van der Waals surface area contributed by atoms with Crippen molar-refractivity contribution >= 4 is 17.6 Å². The van der Waals surface area contributed by atoms with Gasteiger partial charge in [0.25, 0.3) is 0 Å². The van der Waals surface area contributed by atoms with Crippen LogP contribution in [-0.4, -0.2) is 20.8 Å². The summed E-state index contributed by atoms with van der Waals surface area (Å²) in [5, 5.41) is 0.493. The van der Waals surface area contributed by atoms with Gasteiger partial charge in [-0.05, 0) is 43.0 Å². The van der Waals surface area contributed by atoms with E-state index in [0.29, 0.717) is 5.01 Å². The maximum atomic E-state index is 10.9. The molecular weight excluding hydrogens is 294 g/mol. The fourth-order valence-corrected chi connectivity index (χ4v) is 3.74. The average Bonchev–Trinajstić information content (AvgIpc) is 3.14. The summed E-state index contributed by atoms with van der Waals surface area (Å²) >= 11 is 1.39. The molecule has 3 aromatic rings. The number of fused-ring (bicyclic) bond motifs is 3. The number of imidazole rings is 1. The molecule has 110 valence electrons. The first kappa shape index (κ1) is 13.4. The molecule has 0 spiro atoms. The van der Waals surface area contributed by atoms with E-state index in [-0.39, 0.29) is 0 Å². The van der Waals surface area contributed by atoms with Gasteiger partial charge in [-0.1, -0.05) is 6.07 Å². The number of nitrogens with zero attached hydrogens (tertiary/aromatic N) is 3. The molecule has 4 rings (SSSR count). The van der Waals surface area contributed by atoms with E-state index in [1.165, 1.54) is 33.6 Å². The second-order valence-corrected chi connectivity index (χ2v) is 6.72. The molecular formula is C17H15N3OS. The Hall–Kier alpha value is -2.27. The molecule has 0 unspecified atom stereocenters. The average molecular weight is 309 g/mol. The van der Waals surface area contributed by atoms with Crippen molar-refractivity contribution in [3.8, 4) is 21.8 Å². The summed E-state index contributed by atoms with van der Waals surface area (Å²) in [6, 6.07) is 4.54. The van der Waals surface area contributed by atoms with Gasteiger partial charge in [0.05, 0.1) is 16.9 Å². The summed E-state index contributed by atoms with van der Waals surface area (Å²) in [7, 11) is 0. The predicted molar refractivity (Wildman–Crippen MR) is 87.3 cm³/mol. The van der Waals surface area contributed by atoms with Gasteiger partial charge in [0, 0.05) is 18.3 Å². The minimum Gasteiger partial charge on any atom is -0.330 e. The van der Waals surface area contributed by atoms with Gasteiger partial charge in [0.2, 0.25) is 0 Å². The van der Waals surface area contributed by atoms with Crippen LogP contribution in [-0.2, 0) is 13.0 Å². The Labute approximate surface area is 132 Å². The van der Waals surface area contributed by atoms with Crippen LogP contribution in [0.4, 0.5) is 0 Å². The smallest absolute Gasteiger partial charge is 0.178 e. The Morgan fingerprint density at radius 2 is 2.05 bits per heavy atom. The zero-order valence-corrected chi connectivity index (χ0v) is 13.3. The summed E-state index contributed by atoms with van der Waals surface area (Å²) < 4.78 is 2.20. The fourth-order valence-electron chi connectivity index (χ4n) is 3.01. The predicted octanol–water partition coefficient (Wildman–Crippen LogP) is 3.66. The first-order valence-corrected chi connectivity index (χ1v) is 8.06. The molecule has 1 aliphatic heterocycles. The van der Waals surface area contributed by atoms with Gasteiger partial charge in [-0.15, -0.1) is 11.3 Å². The van der Waals surface area contributed by atoms with E-state index in [1.54, 1.807) is 6.20 Å². The van der Waals surface area contributed by atoms with Crippen molar-refractivity contribution in [2.75, 3.05) is 0 Å². The van der Waals surface area contributed by atoms with Gasteiger partial charge < -0.3 is 4.57 Å². The van der Waals surface area contributed by atoms with Crippen LogP contribution in [0.25, 0.3) is 21.8 Å². The van der Waals surface area contributed by atoms with Gasteiger partial charge in [-0.25, -0.2) is 9.97 Å². The van der Waals surface area contributed by atoms with Gasteiger partial charge in [0.15, 0.2) is 11.3 Å². The number of aromatic nitrogens is 3. The highest BCUT2D eigenvalue weighted by atomic mass is 32.1. The molecule has 0 saturated heterocycles. The number of carbonyl (C=O) groups is 1. The van der Waals surface area contributed by atoms with Crippen molar-refractivity contribution < 1.29 is 4.79 Å². The first-order chi connectivity index (χ1) is 10.7. The molecule has 0 saturated carbocycles. The number of hydrogen-bond donors (Lipinski definition) is 0. The third kappa shape index (κ3) is 1.93. The van der Waals surface area contributed by atoms with E-state index in [1.807, 2.05) is 6.33 Å². The summed E-state index contributed by atoms with van der Waals surface area (Å²) in [6.07, 6.45) is 5.45. The van der Waals surface area contributed by atoms with Gasteiger partial charge in [-0.2, -0.15) is 0 Å². The highest BCUT2D eigenvalue weighted by Crippen LogP contribution is 2.39. The number of thiazole rings is 1. The molecule has 3 heterocycles. The number of aldehydes is 1. The van der Waals surface area contributed by atoms with Crippen LogP contribution in [0.5, 0.6) is 0 Å². The Morgan fingerprint density at radius 3 is 2.82 bits per heavy atom. The van der Waals surface area contributed by atoms with E-state index in [2.05, 4.69) is 40.5 Å². The topological polar surface area (TPSA) is 47.8 Å². The molecule has 1 aromatic carbocycles. The van der Waals surface area contributed by atoms with E-state index < -0.39 is 0 Å². The van der Waals surface area contributed by atoms with Crippen molar-refractivity contribution in [1.29, 1.82) is 0 Å². The monoisotopic (exact) mass is 309 g/mol. The Balaban J connectivity index is 1.94. The highest BCUT2D eigenvalue weighted by Gasteiger charge is 2.23. The van der Waals surface area contributed by atoms with Crippen LogP contribution in [0.15, 0.2) is 24.7 Å². The fraction of sp³-hybridized carbons (Fsp3) is 0.235. The van der Waals surface area contributed by atoms with Crippen molar-refractivity contribution in [2.45, 2.75) is 26.8 Å². The van der Waals surface area contributed by atoms with Crippen molar-refractivity contribution in [3.05, 3.63) is 46.4 Å². The first-order valence-electron chi connectivity index (χ1n) is 7.24. The van der Waals surface area contributed by atoms with Crippen LogP contribution in [0.3, 0.4) is 0 Å². The number of benzene rings is 1. The molecule has 0 radical (unpaired) electrons. The molecule has 0 bridgehead atoms. The van der Waals surface area contributed by atoms with E-state index in [9.17, 15) is 4.79 Å². The number of aryl methyl sites for hydroxylation is 4. The summed E-state index contributed by atoms with van der Waals surface area (Å²) in [5.74, 6) is 0. The van der Waals surface area contributed by atoms with E-state index in [0.717, 1.165) is 35.5 Å². The van der Waals surface area contributed by atoms with E-state index >= 15 is 0 Å². The van der Waals surface area contributed by atoms with Gasteiger partial charge in [0.1, 0.15) is 5.69 Å². The summed E-state index contributed by atoms with van der Waals surface area (Å²) in [4.78, 5) is 20.5. The van der Waals surface area contributed by atoms with Gasteiger partial charge >= 0.3 is 0 Å². The Morgan fingerprint density at radius 1 is 1.23 bits per heavy atom. The Bertz CT molecular complexity index is 891. The van der Waals surface area contributed by atoms with Crippen LogP contribution in [0.2, 0.25) is 0 Å². The number of carbonyl (C=O) groups excluding carboxylic acids is 1. The van der Waals surface area contributed by atoms with Gasteiger partial charge in [-0.3, -0.25) is 4.79 Å². The zero-order chi connectivity index (χ0) is 15.3. The highest BCUT2D eigenvalue weighted by molar-refractivity contribution is 7.16. The van der Waals surface area contributed by atoms with Crippen LogP contribution in [0, 0.1) is 13.8 Å². The molecule has 4 nitrogen and oxygen atoms in total. The maximum absolute atomic E-state index is 10.9. The second kappa shape index (κ2) is 4.88. The molecule has 0 atom stereocenters. The third-order valence-electron chi connectivity index (χ3n) is 4.29. The second-order valence-electron chi connectivity index (χ2n) is 5.66. The summed E-state index contributed by atoms with van der Waals surface area (Å²) in [5.41, 5.74) is 7.31. The Kier molecular flexibility index (Phi) is 2.97. The molecule has 5 heteroatoms.